The minimum Gasteiger partial charge on any atom is -0.462 e. The molecule has 0 bridgehead atoms. The molecule has 0 saturated carbocycles. The molecule has 5 nitrogen and oxygen atoms in total. The van der Waals surface area contributed by atoms with Gasteiger partial charge in [-0.05, 0) is 44.5 Å². The minimum atomic E-state index is -4.54. The van der Waals surface area contributed by atoms with E-state index in [4.69, 9.17) is 14.2 Å². The van der Waals surface area contributed by atoms with E-state index < -0.39 is 35.4 Å². The second kappa shape index (κ2) is 10.1. The van der Waals surface area contributed by atoms with E-state index in [2.05, 4.69) is 0 Å². The molecular formula is C18H21F3O5. The number of esters is 1. The van der Waals surface area contributed by atoms with Crippen molar-refractivity contribution in [2.75, 3.05) is 19.8 Å². The Bertz CT molecular complexity index is 646. The first-order valence-corrected chi connectivity index (χ1v) is 8.08. The van der Waals surface area contributed by atoms with Crippen LogP contribution in [0.1, 0.15) is 31.9 Å². The number of rotatable bonds is 9. The van der Waals surface area contributed by atoms with Gasteiger partial charge < -0.3 is 14.2 Å². The highest BCUT2D eigenvalue weighted by Crippen LogP contribution is 2.30. The summed E-state index contributed by atoms with van der Waals surface area (Å²) in [6.45, 7) is 5.12. The molecule has 26 heavy (non-hydrogen) atoms. The zero-order valence-corrected chi connectivity index (χ0v) is 14.8. The molecule has 8 heteroatoms. The van der Waals surface area contributed by atoms with Crippen molar-refractivity contribution in [3.05, 3.63) is 41.0 Å². The van der Waals surface area contributed by atoms with Crippen molar-refractivity contribution in [3.8, 4) is 0 Å². The predicted molar refractivity (Wildman–Crippen MR) is 88.1 cm³/mol. The summed E-state index contributed by atoms with van der Waals surface area (Å²) in [5.74, 6) is -1.77. The molecule has 0 amide bonds. The van der Waals surface area contributed by atoms with Crippen LogP contribution in [0.4, 0.5) is 13.2 Å². The summed E-state index contributed by atoms with van der Waals surface area (Å²) in [5.41, 5.74) is -1.31. The number of carbonyl (C=O) groups is 2. The van der Waals surface area contributed by atoms with E-state index in [-0.39, 0.29) is 25.4 Å². The van der Waals surface area contributed by atoms with Crippen molar-refractivity contribution in [2.24, 2.45) is 0 Å². The Morgan fingerprint density at radius 2 is 1.69 bits per heavy atom. The number of Topliss-reactive ketones (excluding diaryl/α,β-unsaturated/α-hetero) is 1. The quantitative estimate of drug-likeness (QED) is 0.217. The topological polar surface area (TPSA) is 61.8 Å². The number of hydrogen-bond donors (Lipinski definition) is 0. The number of alkyl halides is 3. The average Bonchev–Trinajstić information content (AvgIpc) is 2.58. The Morgan fingerprint density at radius 1 is 1.08 bits per heavy atom. The van der Waals surface area contributed by atoms with E-state index in [1.54, 1.807) is 20.8 Å². The number of halogens is 3. The highest BCUT2D eigenvalue weighted by Gasteiger charge is 2.31. The van der Waals surface area contributed by atoms with Crippen molar-refractivity contribution in [1.82, 2.24) is 0 Å². The van der Waals surface area contributed by atoms with Crippen LogP contribution < -0.4 is 0 Å². The maximum atomic E-state index is 12.9. The summed E-state index contributed by atoms with van der Waals surface area (Å²) in [4.78, 5) is 24.7. The molecular weight excluding hydrogens is 353 g/mol. The van der Waals surface area contributed by atoms with Gasteiger partial charge in [0, 0.05) is 13.2 Å². The number of hydrogen-bond acceptors (Lipinski definition) is 5. The second-order valence-electron chi connectivity index (χ2n) is 5.01. The van der Waals surface area contributed by atoms with Gasteiger partial charge in [-0.1, -0.05) is 12.1 Å². The Kier molecular flexibility index (Phi) is 8.47. The van der Waals surface area contributed by atoms with Crippen LogP contribution in [0.2, 0.25) is 0 Å². The molecule has 0 spiro atoms. The van der Waals surface area contributed by atoms with Gasteiger partial charge in [0.15, 0.2) is 0 Å². The van der Waals surface area contributed by atoms with Crippen molar-refractivity contribution in [2.45, 2.75) is 33.2 Å². The van der Waals surface area contributed by atoms with Gasteiger partial charge in [-0.15, -0.1) is 0 Å². The van der Waals surface area contributed by atoms with Gasteiger partial charge in [-0.2, -0.15) is 13.2 Å². The summed E-state index contributed by atoms with van der Waals surface area (Å²) in [6.07, 6.45) is -4.84. The van der Waals surface area contributed by atoms with Crippen LogP contribution in [0.3, 0.4) is 0 Å². The van der Waals surface area contributed by atoms with Crippen molar-refractivity contribution >= 4 is 17.8 Å². The zero-order valence-electron chi connectivity index (χ0n) is 14.8. The molecule has 0 saturated heterocycles. The second-order valence-corrected chi connectivity index (χ2v) is 5.01. The molecule has 0 aliphatic rings. The molecule has 0 fully saturated rings. The standard InChI is InChI=1S/C18H21F3O5/c1-4-24-16(23)14(15(22)17(25-5-2)26-6-3)11-12-8-7-9-13(10-12)18(19,20)21/h7-11,17H,4-6H2,1-3H3/b14-11-. The van der Waals surface area contributed by atoms with E-state index in [1.165, 1.54) is 12.1 Å². The number of carbonyl (C=O) groups excluding carboxylic acids is 2. The summed E-state index contributed by atoms with van der Waals surface area (Å²) < 4.78 is 53.7. The SMILES string of the molecule is CCOC(=O)/C(=C\c1cccc(C(F)(F)F)c1)C(=O)C(OCC)OCC. The van der Waals surface area contributed by atoms with E-state index in [9.17, 15) is 22.8 Å². The predicted octanol–water partition coefficient (Wildman–Crippen LogP) is 3.62. The molecule has 0 N–H and O–H groups in total. The Labute approximate surface area is 149 Å². The van der Waals surface area contributed by atoms with Gasteiger partial charge in [-0.3, -0.25) is 4.79 Å². The van der Waals surface area contributed by atoms with E-state index in [0.29, 0.717) is 0 Å². The highest BCUT2D eigenvalue weighted by molar-refractivity contribution is 6.21. The van der Waals surface area contributed by atoms with Crippen molar-refractivity contribution < 1.29 is 37.0 Å². The molecule has 0 unspecified atom stereocenters. The first-order chi connectivity index (χ1) is 12.2. The van der Waals surface area contributed by atoms with Gasteiger partial charge in [0.25, 0.3) is 0 Å². The summed E-state index contributed by atoms with van der Waals surface area (Å²) >= 11 is 0. The fraction of sp³-hybridized carbons (Fsp3) is 0.444. The molecule has 144 valence electrons. The largest absolute Gasteiger partial charge is 0.462 e. The Morgan fingerprint density at radius 3 is 2.19 bits per heavy atom. The molecule has 0 heterocycles. The lowest BCUT2D eigenvalue weighted by Crippen LogP contribution is -2.32. The third-order valence-electron chi connectivity index (χ3n) is 3.14. The van der Waals surface area contributed by atoms with Gasteiger partial charge in [0.2, 0.25) is 12.1 Å². The number of ether oxygens (including phenoxy) is 3. The normalized spacial score (nSPS) is 12.3. The smallest absolute Gasteiger partial charge is 0.416 e. The van der Waals surface area contributed by atoms with Crippen LogP contribution in [0.15, 0.2) is 29.8 Å². The van der Waals surface area contributed by atoms with Crippen molar-refractivity contribution in [1.29, 1.82) is 0 Å². The van der Waals surface area contributed by atoms with Crippen LogP contribution in [0, 0.1) is 0 Å². The molecule has 0 aromatic heterocycles. The minimum absolute atomic E-state index is 0.0000192. The summed E-state index contributed by atoms with van der Waals surface area (Å²) in [6, 6.07) is 4.26. The molecule has 0 atom stereocenters. The van der Waals surface area contributed by atoms with E-state index in [1.807, 2.05) is 0 Å². The first-order valence-electron chi connectivity index (χ1n) is 8.08. The third kappa shape index (κ3) is 6.27. The number of benzene rings is 1. The van der Waals surface area contributed by atoms with Crippen LogP contribution in [-0.4, -0.2) is 37.9 Å². The van der Waals surface area contributed by atoms with Gasteiger partial charge >= 0.3 is 12.1 Å². The van der Waals surface area contributed by atoms with Crippen LogP contribution in [0.25, 0.3) is 6.08 Å². The number of ketones is 1. The molecule has 1 aromatic carbocycles. The lowest BCUT2D eigenvalue weighted by molar-refractivity contribution is -0.165. The van der Waals surface area contributed by atoms with E-state index in [0.717, 1.165) is 18.2 Å². The lowest BCUT2D eigenvalue weighted by atomic mass is 10.0. The fourth-order valence-corrected chi connectivity index (χ4v) is 2.04. The molecule has 0 radical (unpaired) electrons. The van der Waals surface area contributed by atoms with Crippen molar-refractivity contribution in [3.63, 3.8) is 0 Å². The average molecular weight is 374 g/mol. The lowest BCUT2D eigenvalue weighted by Gasteiger charge is -2.17. The van der Waals surface area contributed by atoms with Crippen LogP contribution in [0.5, 0.6) is 0 Å². The molecule has 1 aromatic rings. The monoisotopic (exact) mass is 374 g/mol. The maximum Gasteiger partial charge on any atom is 0.416 e. The summed E-state index contributed by atoms with van der Waals surface area (Å²) in [7, 11) is 0. The third-order valence-corrected chi connectivity index (χ3v) is 3.14. The Hall–Kier alpha value is -2.19. The van der Waals surface area contributed by atoms with Crippen LogP contribution in [-0.2, 0) is 30.0 Å². The molecule has 0 aliphatic carbocycles. The Balaban J connectivity index is 3.31. The van der Waals surface area contributed by atoms with Gasteiger partial charge in [-0.25, -0.2) is 4.79 Å². The molecule has 1 rings (SSSR count). The first kappa shape index (κ1) is 21.9. The summed E-state index contributed by atoms with van der Waals surface area (Å²) in [5, 5.41) is 0. The zero-order chi connectivity index (χ0) is 19.7. The maximum absolute atomic E-state index is 12.9. The van der Waals surface area contributed by atoms with Gasteiger partial charge in [0.05, 0.1) is 12.2 Å². The highest BCUT2D eigenvalue weighted by atomic mass is 19.4. The van der Waals surface area contributed by atoms with Gasteiger partial charge in [0.1, 0.15) is 5.57 Å². The fourth-order valence-electron chi connectivity index (χ4n) is 2.04. The van der Waals surface area contributed by atoms with Crippen LogP contribution >= 0.6 is 0 Å². The molecule has 0 aliphatic heterocycles. The van der Waals surface area contributed by atoms with E-state index >= 15 is 0 Å².